The number of thiazole rings is 1. The number of para-hydroxylation sites is 1. The number of rotatable bonds is 9. The molecule has 1 atom stereocenters. The van der Waals surface area contributed by atoms with Crippen LogP contribution in [-0.4, -0.2) is 35.5 Å². The summed E-state index contributed by atoms with van der Waals surface area (Å²) in [7, 11) is 1.54. The Morgan fingerprint density at radius 3 is 2.75 bits per heavy atom. The lowest BCUT2D eigenvalue weighted by Crippen LogP contribution is -2.39. The molecule has 6 heteroatoms. The topological polar surface area (TPSA) is 51.7 Å². The van der Waals surface area contributed by atoms with E-state index in [0.717, 1.165) is 22.9 Å². The number of hydrogen-bond donors (Lipinski definition) is 0. The van der Waals surface area contributed by atoms with Crippen molar-refractivity contribution < 1.29 is 14.3 Å². The lowest BCUT2D eigenvalue weighted by molar-refractivity contribution is -0.138. The molecule has 0 spiro atoms. The minimum absolute atomic E-state index is 0.0121. The van der Waals surface area contributed by atoms with E-state index in [2.05, 4.69) is 11.9 Å². The van der Waals surface area contributed by atoms with Crippen molar-refractivity contribution in [3.63, 3.8) is 0 Å². The second kappa shape index (κ2) is 9.39. The van der Waals surface area contributed by atoms with Crippen LogP contribution in [-0.2, 0) is 22.7 Å². The second-order valence-electron chi connectivity index (χ2n) is 5.55. The van der Waals surface area contributed by atoms with Gasteiger partial charge >= 0.3 is 0 Å². The van der Waals surface area contributed by atoms with Gasteiger partial charge in [-0.2, -0.15) is 0 Å². The van der Waals surface area contributed by atoms with Crippen LogP contribution >= 0.6 is 11.3 Å². The number of nitrogens with zero attached hydrogens (tertiary/aromatic N) is 2. The van der Waals surface area contributed by atoms with Crippen LogP contribution in [0.5, 0.6) is 5.75 Å². The lowest BCUT2D eigenvalue weighted by Gasteiger charge is -2.27. The van der Waals surface area contributed by atoms with Crippen LogP contribution in [0.15, 0.2) is 35.7 Å². The molecule has 0 bridgehead atoms. The lowest BCUT2D eigenvalue weighted by atomic mass is 10.2. The Morgan fingerprint density at radius 2 is 2.08 bits per heavy atom. The molecular weight excluding hydrogens is 324 g/mol. The van der Waals surface area contributed by atoms with Gasteiger partial charge in [-0.3, -0.25) is 4.79 Å². The zero-order chi connectivity index (χ0) is 17.4. The molecule has 1 heterocycles. The molecule has 1 aromatic heterocycles. The number of methoxy groups -OCH3 is 1. The molecule has 2 aromatic rings. The van der Waals surface area contributed by atoms with Crippen LogP contribution in [0.3, 0.4) is 0 Å². The zero-order valence-corrected chi connectivity index (χ0v) is 15.2. The van der Waals surface area contributed by atoms with Gasteiger partial charge in [-0.05, 0) is 25.5 Å². The molecule has 0 radical (unpaired) electrons. The van der Waals surface area contributed by atoms with E-state index in [1.807, 2.05) is 47.5 Å². The predicted molar refractivity (Wildman–Crippen MR) is 95.1 cm³/mol. The molecular formula is C18H24N2O3S. The molecule has 0 N–H and O–H groups in total. The highest BCUT2D eigenvalue weighted by molar-refractivity contribution is 7.09. The van der Waals surface area contributed by atoms with E-state index >= 15 is 0 Å². The Morgan fingerprint density at radius 1 is 1.33 bits per heavy atom. The molecule has 0 saturated carbocycles. The molecule has 24 heavy (non-hydrogen) atoms. The zero-order valence-electron chi connectivity index (χ0n) is 14.4. The van der Waals surface area contributed by atoms with Crippen LogP contribution in [0.25, 0.3) is 0 Å². The van der Waals surface area contributed by atoms with E-state index in [9.17, 15) is 4.79 Å². The molecule has 0 aliphatic rings. The Hall–Kier alpha value is -1.92. The molecule has 1 amide bonds. The summed E-state index contributed by atoms with van der Waals surface area (Å²) in [5.41, 5.74) is 0.886. The Balaban J connectivity index is 1.96. The van der Waals surface area contributed by atoms with Crippen molar-refractivity contribution in [3.8, 4) is 5.75 Å². The fourth-order valence-corrected chi connectivity index (χ4v) is 2.94. The van der Waals surface area contributed by atoms with Crippen molar-refractivity contribution in [2.75, 3.05) is 13.7 Å². The summed E-state index contributed by atoms with van der Waals surface area (Å²) in [4.78, 5) is 18.6. The Labute approximate surface area is 147 Å². The van der Waals surface area contributed by atoms with E-state index in [1.165, 1.54) is 7.11 Å². The first-order chi connectivity index (χ1) is 11.6. The third-order valence-corrected chi connectivity index (χ3v) is 4.62. The van der Waals surface area contributed by atoms with E-state index < -0.39 is 0 Å². The number of carbonyl (C=O) groups is 1. The van der Waals surface area contributed by atoms with Crippen molar-refractivity contribution in [1.29, 1.82) is 0 Å². The molecule has 0 aliphatic carbocycles. The quantitative estimate of drug-likeness (QED) is 0.696. The maximum Gasteiger partial charge on any atom is 0.249 e. The Kier molecular flexibility index (Phi) is 7.21. The molecule has 2 rings (SSSR count). The molecule has 0 aliphatic heterocycles. The van der Waals surface area contributed by atoms with E-state index in [1.54, 1.807) is 11.3 Å². The first kappa shape index (κ1) is 18.4. The normalized spacial score (nSPS) is 12.0. The minimum Gasteiger partial charge on any atom is -0.486 e. The minimum atomic E-state index is -0.0121. The summed E-state index contributed by atoms with van der Waals surface area (Å²) in [5.74, 6) is 0.813. The maximum atomic E-state index is 12.2. The van der Waals surface area contributed by atoms with Crippen molar-refractivity contribution in [1.82, 2.24) is 9.88 Å². The van der Waals surface area contributed by atoms with Gasteiger partial charge in [0.25, 0.3) is 0 Å². The molecule has 1 aromatic carbocycles. The monoisotopic (exact) mass is 348 g/mol. The highest BCUT2D eigenvalue weighted by atomic mass is 32.1. The van der Waals surface area contributed by atoms with Crippen LogP contribution in [0, 0.1) is 0 Å². The van der Waals surface area contributed by atoms with Crippen LogP contribution in [0.2, 0.25) is 0 Å². The van der Waals surface area contributed by atoms with E-state index in [4.69, 9.17) is 9.47 Å². The number of benzene rings is 1. The first-order valence-electron chi connectivity index (χ1n) is 8.03. The van der Waals surface area contributed by atoms with Gasteiger partial charge in [-0.15, -0.1) is 11.3 Å². The van der Waals surface area contributed by atoms with Gasteiger partial charge in [0.15, 0.2) is 0 Å². The standard InChI is InChI=1S/C18H24N2O3S/c1-4-14(2)20(18(21)12-22-3)10-15-13-24-17(19-15)11-23-16-8-6-5-7-9-16/h5-9,13-14H,4,10-12H2,1-3H3. The molecule has 1 unspecified atom stereocenters. The number of amides is 1. The van der Waals surface area contributed by atoms with Gasteiger partial charge in [0.05, 0.1) is 12.2 Å². The number of aromatic nitrogens is 1. The van der Waals surface area contributed by atoms with E-state index in [0.29, 0.717) is 13.2 Å². The molecule has 5 nitrogen and oxygen atoms in total. The average Bonchev–Trinajstić information content (AvgIpc) is 3.06. The van der Waals surface area contributed by atoms with Crippen molar-refractivity contribution in [3.05, 3.63) is 46.4 Å². The van der Waals surface area contributed by atoms with Gasteiger partial charge in [-0.25, -0.2) is 4.98 Å². The summed E-state index contributed by atoms with van der Waals surface area (Å²) >= 11 is 1.55. The summed E-state index contributed by atoms with van der Waals surface area (Å²) in [6.07, 6.45) is 0.892. The van der Waals surface area contributed by atoms with Crippen LogP contribution in [0.4, 0.5) is 0 Å². The van der Waals surface area contributed by atoms with Gasteiger partial charge in [-0.1, -0.05) is 25.1 Å². The smallest absolute Gasteiger partial charge is 0.249 e. The molecule has 130 valence electrons. The number of hydrogen-bond acceptors (Lipinski definition) is 5. The summed E-state index contributed by atoms with van der Waals surface area (Å²) in [6.45, 7) is 5.14. The summed E-state index contributed by atoms with van der Waals surface area (Å²) < 4.78 is 10.7. The van der Waals surface area contributed by atoms with Crippen LogP contribution < -0.4 is 4.74 Å². The summed E-state index contributed by atoms with van der Waals surface area (Å²) in [6, 6.07) is 9.82. The highest BCUT2D eigenvalue weighted by Crippen LogP contribution is 2.17. The number of carbonyl (C=O) groups excluding carboxylic acids is 1. The van der Waals surface area contributed by atoms with Crippen LogP contribution in [0.1, 0.15) is 31.0 Å². The first-order valence-corrected chi connectivity index (χ1v) is 8.91. The maximum absolute atomic E-state index is 12.2. The van der Waals surface area contributed by atoms with Crippen molar-refractivity contribution in [2.45, 2.75) is 39.5 Å². The van der Waals surface area contributed by atoms with Gasteiger partial charge in [0.1, 0.15) is 24.0 Å². The fourth-order valence-electron chi connectivity index (χ4n) is 2.24. The molecule has 0 saturated heterocycles. The van der Waals surface area contributed by atoms with Crippen molar-refractivity contribution >= 4 is 17.2 Å². The third-order valence-electron chi connectivity index (χ3n) is 3.75. The third kappa shape index (κ3) is 5.32. The van der Waals surface area contributed by atoms with E-state index in [-0.39, 0.29) is 18.6 Å². The molecule has 0 fully saturated rings. The second-order valence-corrected chi connectivity index (χ2v) is 6.49. The highest BCUT2D eigenvalue weighted by Gasteiger charge is 2.20. The van der Waals surface area contributed by atoms with Gasteiger partial charge in [0.2, 0.25) is 5.91 Å². The van der Waals surface area contributed by atoms with Gasteiger partial charge < -0.3 is 14.4 Å². The summed E-state index contributed by atoms with van der Waals surface area (Å²) in [5, 5.41) is 2.89. The number of ether oxygens (including phenoxy) is 2. The largest absolute Gasteiger partial charge is 0.486 e. The van der Waals surface area contributed by atoms with Gasteiger partial charge in [0, 0.05) is 18.5 Å². The van der Waals surface area contributed by atoms with Crippen molar-refractivity contribution in [2.24, 2.45) is 0 Å². The fraction of sp³-hybridized carbons (Fsp3) is 0.444. The Bertz CT molecular complexity index is 630. The average molecular weight is 348 g/mol. The SMILES string of the molecule is CCC(C)N(Cc1csc(COc2ccccc2)n1)C(=O)COC. The predicted octanol–water partition coefficient (Wildman–Crippen LogP) is 3.50.